The van der Waals surface area contributed by atoms with E-state index in [9.17, 15) is 5.11 Å². The van der Waals surface area contributed by atoms with E-state index in [1.54, 1.807) is 7.11 Å². The van der Waals surface area contributed by atoms with E-state index in [4.69, 9.17) is 4.74 Å². The number of methoxy groups -OCH3 is 1. The Morgan fingerprint density at radius 2 is 1.90 bits per heavy atom. The van der Waals surface area contributed by atoms with Gasteiger partial charge in [-0.05, 0) is 24.1 Å². The van der Waals surface area contributed by atoms with Crippen LogP contribution < -0.4 is 4.74 Å². The molecule has 0 radical (unpaired) electrons. The molecular formula is C23H30N4O2. The predicted molar refractivity (Wildman–Crippen MR) is 112 cm³/mol. The van der Waals surface area contributed by atoms with Crippen molar-refractivity contribution in [3.05, 3.63) is 59.9 Å². The topological polar surface area (TPSA) is 52.1 Å². The zero-order valence-corrected chi connectivity index (χ0v) is 17.1. The van der Waals surface area contributed by atoms with Crippen molar-refractivity contribution in [3.63, 3.8) is 0 Å². The third-order valence-corrected chi connectivity index (χ3v) is 6.74. The number of aromatic nitrogens is 1. The maximum Gasteiger partial charge on any atom is 0.123 e. The number of likely N-dealkylation sites (tertiary alicyclic amines) is 1. The highest BCUT2D eigenvalue weighted by atomic mass is 16.5. The Bertz CT molecular complexity index is 840. The number of benzene rings is 1. The van der Waals surface area contributed by atoms with Gasteiger partial charge in [0.25, 0.3) is 0 Å². The molecule has 0 unspecified atom stereocenters. The van der Waals surface area contributed by atoms with Gasteiger partial charge >= 0.3 is 0 Å². The van der Waals surface area contributed by atoms with Crippen LogP contribution >= 0.6 is 0 Å². The predicted octanol–water partition coefficient (Wildman–Crippen LogP) is 1.60. The number of hydrogen-bond acceptors (Lipinski definition) is 6. The minimum absolute atomic E-state index is 0.143. The summed E-state index contributed by atoms with van der Waals surface area (Å²) in [6.45, 7) is 6.81. The van der Waals surface area contributed by atoms with Gasteiger partial charge in [-0.3, -0.25) is 19.7 Å². The second-order valence-electron chi connectivity index (χ2n) is 8.91. The summed E-state index contributed by atoms with van der Waals surface area (Å²) in [6, 6.07) is 12.9. The minimum Gasteiger partial charge on any atom is -0.496 e. The largest absolute Gasteiger partial charge is 0.496 e. The van der Waals surface area contributed by atoms with Gasteiger partial charge in [-0.15, -0.1) is 0 Å². The van der Waals surface area contributed by atoms with Gasteiger partial charge in [0.15, 0.2) is 0 Å². The summed E-state index contributed by atoms with van der Waals surface area (Å²) >= 11 is 0. The second-order valence-corrected chi connectivity index (χ2v) is 8.91. The molecule has 2 aromatic rings. The van der Waals surface area contributed by atoms with E-state index in [0.29, 0.717) is 6.04 Å². The molecule has 154 valence electrons. The van der Waals surface area contributed by atoms with Gasteiger partial charge in [-0.2, -0.15) is 0 Å². The SMILES string of the molecule is COc1ccccc1CN1CC2(CN(Cc3cccnc3)C[C@H]3C[C@@H](O)CN32)C1. The molecule has 0 amide bonds. The highest BCUT2D eigenvalue weighted by Gasteiger charge is 2.55. The molecule has 2 atom stereocenters. The number of ether oxygens (including phenoxy) is 1. The average molecular weight is 395 g/mol. The first-order valence-electron chi connectivity index (χ1n) is 10.6. The van der Waals surface area contributed by atoms with E-state index >= 15 is 0 Å². The van der Waals surface area contributed by atoms with Crippen LogP contribution in [0.2, 0.25) is 0 Å². The lowest BCUT2D eigenvalue weighted by atomic mass is 9.83. The zero-order chi connectivity index (χ0) is 19.8. The molecule has 0 bridgehead atoms. The van der Waals surface area contributed by atoms with E-state index in [1.807, 2.05) is 30.6 Å². The molecule has 6 nitrogen and oxygen atoms in total. The van der Waals surface area contributed by atoms with Crippen LogP contribution in [0, 0.1) is 0 Å². The van der Waals surface area contributed by atoms with Crippen molar-refractivity contribution in [1.82, 2.24) is 19.7 Å². The molecular weight excluding hydrogens is 364 g/mol. The van der Waals surface area contributed by atoms with Crippen LogP contribution in [0.1, 0.15) is 17.5 Å². The summed E-state index contributed by atoms with van der Waals surface area (Å²) in [5, 5.41) is 10.4. The summed E-state index contributed by atoms with van der Waals surface area (Å²) in [5.74, 6) is 0.963. The maximum atomic E-state index is 10.4. The van der Waals surface area contributed by atoms with Crippen molar-refractivity contribution >= 4 is 0 Å². The Morgan fingerprint density at radius 3 is 2.69 bits per heavy atom. The van der Waals surface area contributed by atoms with Gasteiger partial charge in [-0.25, -0.2) is 0 Å². The van der Waals surface area contributed by atoms with Crippen LogP contribution in [0.4, 0.5) is 0 Å². The fourth-order valence-corrected chi connectivity index (χ4v) is 5.64. The Balaban J connectivity index is 1.30. The van der Waals surface area contributed by atoms with E-state index in [1.165, 1.54) is 11.1 Å². The van der Waals surface area contributed by atoms with Crippen LogP contribution in [0.15, 0.2) is 48.8 Å². The van der Waals surface area contributed by atoms with Crippen LogP contribution in [0.5, 0.6) is 5.75 Å². The number of piperazine rings is 1. The fraction of sp³-hybridized carbons (Fsp3) is 0.522. The molecule has 29 heavy (non-hydrogen) atoms. The van der Waals surface area contributed by atoms with Crippen molar-refractivity contribution in [3.8, 4) is 5.75 Å². The molecule has 6 heteroatoms. The van der Waals surface area contributed by atoms with Gasteiger partial charge in [0.2, 0.25) is 0 Å². The lowest BCUT2D eigenvalue weighted by Crippen LogP contribution is -2.77. The van der Waals surface area contributed by atoms with Crippen molar-refractivity contribution in [2.24, 2.45) is 0 Å². The van der Waals surface area contributed by atoms with Crippen LogP contribution in [-0.4, -0.2) is 82.3 Å². The van der Waals surface area contributed by atoms with Crippen molar-refractivity contribution < 1.29 is 9.84 Å². The number of rotatable bonds is 5. The van der Waals surface area contributed by atoms with E-state index in [0.717, 1.165) is 58.0 Å². The Hall–Kier alpha value is -1.99. The van der Waals surface area contributed by atoms with Gasteiger partial charge in [0.05, 0.1) is 18.8 Å². The lowest BCUT2D eigenvalue weighted by Gasteiger charge is -2.61. The van der Waals surface area contributed by atoms with E-state index in [2.05, 4.69) is 37.9 Å². The molecule has 5 rings (SSSR count). The van der Waals surface area contributed by atoms with E-state index < -0.39 is 0 Å². The molecule has 1 aromatic heterocycles. The first-order chi connectivity index (χ1) is 14.1. The highest BCUT2D eigenvalue weighted by Crippen LogP contribution is 2.40. The number of aliphatic hydroxyl groups is 1. The summed E-state index contributed by atoms with van der Waals surface area (Å²) in [7, 11) is 1.74. The average Bonchev–Trinajstić information content (AvgIpc) is 3.08. The van der Waals surface area contributed by atoms with Crippen LogP contribution in [0.25, 0.3) is 0 Å². The monoisotopic (exact) mass is 394 g/mol. The number of fused-ring (bicyclic) bond motifs is 2. The molecule has 0 aliphatic carbocycles. The standard InChI is InChI=1S/C23H30N4O2/c1-29-22-7-3-2-6-19(22)12-26-16-23(17-26)15-25(11-18-5-4-8-24-10-18)13-20-9-21(28)14-27(20)23/h2-8,10,20-21,28H,9,11-17H2,1H3/t20-,21-/m1/s1. The molecule has 1 N–H and O–H groups in total. The number of hydrogen-bond donors (Lipinski definition) is 1. The lowest BCUT2D eigenvalue weighted by molar-refractivity contribution is -0.118. The molecule has 3 saturated heterocycles. The number of pyridine rings is 1. The van der Waals surface area contributed by atoms with Gasteiger partial charge in [-0.1, -0.05) is 24.3 Å². The van der Waals surface area contributed by atoms with Gasteiger partial charge in [0.1, 0.15) is 5.75 Å². The fourth-order valence-electron chi connectivity index (χ4n) is 5.64. The minimum atomic E-state index is -0.196. The van der Waals surface area contributed by atoms with Gasteiger partial charge < -0.3 is 9.84 Å². The van der Waals surface area contributed by atoms with Crippen molar-refractivity contribution in [1.29, 1.82) is 0 Å². The van der Waals surface area contributed by atoms with Gasteiger partial charge in [0, 0.05) is 69.8 Å². The number of β-amino-alcohol motifs (C(OH)–C–C–N with tert-alkyl or cyclic N) is 1. The molecule has 3 aliphatic heterocycles. The smallest absolute Gasteiger partial charge is 0.123 e. The first-order valence-corrected chi connectivity index (χ1v) is 10.6. The second kappa shape index (κ2) is 7.69. The molecule has 1 aromatic carbocycles. The summed E-state index contributed by atoms with van der Waals surface area (Å²) < 4.78 is 5.53. The van der Waals surface area contributed by atoms with Crippen LogP contribution in [-0.2, 0) is 13.1 Å². The third-order valence-electron chi connectivity index (χ3n) is 6.74. The summed E-state index contributed by atoms with van der Waals surface area (Å²) in [5.41, 5.74) is 2.65. The highest BCUT2D eigenvalue weighted by molar-refractivity contribution is 5.33. The third kappa shape index (κ3) is 3.66. The quantitative estimate of drug-likeness (QED) is 0.831. The van der Waals surface area contributed by atoms with E-state index in [-0.39, 0.29) is 11.6 Å². The first kappa shape index (κ1) is 19.0. The molecule has 0 saturated carbocycles. The molecule has 4 heterocycles. The number of aliphatic hydroxyl groups excluding tert-OH is 1. The van der Waals surface area contributed by atoms with Crippen LogP contribution in [0.3, 0.4) is 0 Å². The molecule has 1 spiro atoms. The number of para-hydroxylation sites is 1. The maximum absolute atomic E-state index is 10.4. The summed E-state index contributed by atoms with van der Waals surface area (Å²) in [4.78, 5) is 12.0. The Morgan fingerprint density at radius 1 is 1.07 bits per heavy atom. The van der Waals surface area contributed by atoms with Crippen molar-refractivity contribution in [2.75, 3.05) is 39.8 Å². The van der Waals surface area contributed by atoms with Crippen molar-refractivity contribution in [2.45, 2.75) is 37.2 Å². The Labute approximate surface area is 172 Å². The summed E-state index contributed by atoms with van der Waals surface area (Å²) in [6.07, 6.45) is 4.49. The normalized spacial score (nSPS) is 27.0. The molecule has 3 aliphatic rings. The zero-order valence-electron chi connectivity index (χ0n) is 17.1. The molecule has 3 fully saturated rings. The number of nitrogens with zero attached hydrogens (tertiary/aromatic N) is 4. The Kier molecular flexibility index (Phi) is 5.04.